The second-order valence-corrected chi connectivity index (χ2v) is 6.65. The molecule has 1 fully saturated rings. The molecule has 24 heavy (non-hydrogen) atoms. The van der Waals surface area contributed by atoms with Gasteiger partial charge < -0.3 is 15.0 Å². The smallest absolute Gasteiger partial charge is 0.303 e. The molecule has 0 aliphatic heterocycles. The van der Waals surface area contributed by atoms with E-state index >= 15 is 0 Å². The highest BCUT2D eigenvalue weighted by Gasteiger charge is 2.22. The molecule has 1 atom stereocenters. The van der Waals surface area contributed by atoms with Crippen LogP contribution in [0.2, 0.25) is 0 Å². The summed E-state index contributed by atoms with van der Waals surface area (Å²) in [6.45, 7) is 0. The molecule has 0 radical (unpaired) electrons. The van der Waals surface area contributed by atoms with Crippen molar-refractivity contribution in [3.8, 4) is 0 Å². The molecule has 1 saturated carbocycles. The van der Waals surface area contributed by atoms with Gasteiger partial charge in [-0.1, -0.05) is 38.2 Å². The summed E-state index contributed by atoms with van der Waals surface area (Å²) in [7, 11) is 1.56. The van der Waals surface area contributed by atoms with E-state index in [1.165, 1.54) is 29.9 Å². The van der Waals surface area contributed by atoms with E-state index in [0.717, 1.165) is 19.3 Å². The maximum atomic E-state index is 12.5. The van der Waals surface area contributed by atoms with Crippen molar-refractivity contribution < 1.29 is 14.7 Å². The first-order chi connectivity index (χ1) is 11.5. The molecular weight excluding hydrogens is 308 g/mol. The predicted molar refractivity (Wildman–Crippen MR) is 91.0 cm³/mol. The fourth-order valence-electron chi connectivity index (χ4n) is 3.42. The van der Waals surface area contributed by atoms with Crippen molar-refractivity contribution in [3.63, 3.8) is 0 Å². The van der Waals surface area contributed by atoms with Crippen LogP contribution in [-0.4, -0.2) is 27.6 Å². The summed E-state index contributed by atoms with van der Waals surface area (Å²) >= 11 is 0. The van der Waals surface area contributed by atoms with E-state index in [0.29, 0.717) is 18.0 Å². The summed E-state index contributed by atoms with van der Waals surface area (Å²) in [6, 6.07) is 4.39. The zero-order valence-electron chi connectivity index (χ0n) is 14.2. The van der Waals surface area contributed by atoms with Gasteiger partial charge in [-0.25, -0.2) is 0 Å². The Kier molecular flexibility index (Phi) is 6.58. The van der Waals surface area contributed by atoms with Crippen LogP contribution in [0.4, 0.5) is 0 Å². The van der Waals surface area contributed by atoms with E-state index in [9.17, 15) is 14.4 Å². The van der Waals surface area contributed by atoms with Crippen LogP contribution in [-0.2, 0) is 11.8 Å². The molecule has 1 heterocycles. The molecule has 6 heteroatoms. The largest absolute Gasteiger partial charge is 0.481 e. The number of carboxylic acids is 1. The van der Waals surface area contributed by atoms with Gasteiger partial charge in [0.15, 0.2) is 0 Å². The molecule has 0 bridgehead atoms. The summed E-state index contributed by atoms with van der Waals surface area (Å²) in [5, 5.41) is 11.9. The summed E-state index contributed by atoms with van der Waals surface area (Å²) in [6.07, 6.45) is 7.21. The van der Waals surface area contributed by atoms with Crippen molar-refractivity contribution in [2.24, 2.45) is 13.0 Å². The Morgan fingerprint density at radius 1 is 1.29 bits per heavy atom. The third kappa shape index (κ3) is 5.22. The predicted octanol–water partition coefficient (Wildman–Crippen LogP) is 2.32. The minimum absolute atomic E-state index is 0.0331. The van der Waals surface area contributed by atoms with Crippen LogP contribution in [0.3, 0.4) is 0 Å². The lowest BCUT2D eigenvalue weighted by atomic mass is 9.84. The van der Waals surface area contributed by atoms with Gasteiger partial charge in [0.05, 0.1) is 0 Å². The van der Waals surface area contributed by atoms with Gasteiger partial charge >= 0.3 is 5.97 Å². The van der Waals surface area contributed by atoms with Crippen molar-refractivity contribution in [3.05, 3.63) is 34.2 Å². The average molecular weight is 334 g/mol. The lowest BCUT2D eigenvalue weighted by Crippen LogP contribution is -2.39. The van der Waals surface area contributed by atoms with Crippen LogP contribution >= 0.6 is 0 Å². The quantitative estimate of drug-likeness (QED) is 0.801. The molecule has 1 aliphatic carbocycles. The second-order valence-electron chi connectivity index (χ2n) is 6.65. The molecule has 0 aromatic carbocycles. The Morgan fingerprint density at radius 2 is 2.00 bits per heavy atom. The van der Waals surface area contributed by atoms with Crippen molar-refractivity contribution in [1.29, 1.82) is 0 Å². The van der Waals surface area contributed by atoms with Gasteiger partial charge in [0.2, 0.25) is 0 Å². The number of carboxylic acid groups (broad SMARTS) is 1. The van der Waals surface area contributed by atoms with Gasteiger partial charge in [-0.15, -0.1) is 0 Å². The van der Waals surface area contributed by atoms with Crippen LogP contribution in [0.25, 0.3) is 0 Å². The van der Waals surface area contributed by atoms with E-state index in [1.807, 2.05) is 0 Å². The molecule has 1 unspecified atom stereocenters. The Bertz CT molecular complexity index is 632. The fourth-order valence-corrected chi connectivity index (χ4v) is 3.42. The first-order valence-corrected chi connectivity index (χ1v) is 8.66. The molecule has 1 aromatic rings. The van der Waals surface area contributed by atoms with Gasteiger partial charge in [-0.2, -0.15) is 0 Å². The molecule has 0 spiro atoms. The van der Waals surface area contributed by atoms with Crippen LogP contribution in [0.15, 0.2) is 23.0 Å². The minimum atomic E-state index is -0.856. The molecule has 2 rings (SSSR count). The molecule has 0 saturated heterocycles. The number of hydrogen-bond acceptors (Lipinski definition) is 3. The highest BCUT2D eigenvalue weighted by atomic mass is 16.4. The van der Waals surface area contributed by atoms with Crippen molar-refractivity contribution in [2.45, 2.75) is 57.4 Å². The Labute approximate surface area is 141 Å². The van der Waals surface area contributed by atoms with Gasteiger partial charge in [0.1, 0.15) is 5.69 Å². The second kappa shape index (κ2) is 8.66. The SMILES string of the molecule is Cn1c(C(=O)NC(CCC(=O)O)CC2CCCCC2)cccc1=O. The molecule has 1 aliphatic rings. The number of pyridine rings is 1. The van der Waals surface area contributed by atoms with E-state index in [4.69, 9.17) is 5.11 Å². The van der Waals surface area contributed by atoms with Crippen molar-refractivity contribution in [2.75, 3.05) is 0 Å². The number of carbonyl (C=O) groups excluding carboxylic acids is 1. The monoisotopic (exact) mass is 334 g/mol. The number of carbonyl (C=O) groups is 2. The van der Waals surface area contributed by atoms with Crippen molar-refractivity contribution in [1.82, 2.24) is 9.88 Å². The average Bonchev–Trinajstić information content (AvgIpc) is 2.56. The topological polar surface area (TPSA) is 88.4 Å². The number of aromatic nitrogens is 1. The summed E-state index contributed by atoms with van der Waals surface area (Å²) in [4.78, 5) is 35.1. The van der Waals surface area contributed by atoms with Gasteiger partial charge in [0, 0.05) is 25.6 Å². The summed E-state index contributed by atoms with van der Waals surface area (Å²) in [5.74, 6) is -0.635. The number of hydrogen-bond donors (Lipinski definition) is 2. The number of aliphatic carboxylic acids is 1. The molecule has 132 valence electrons. The normalized spacial score (nSPS) is 16.5. The standard InChI is InChI=1S/C18H26N2O4/c1-20-15(8-5-9-16(20)21)18(24)19-14(10-11-17(22)23)12-13-6-3-2-4-7-13/h5,8-9,13-14H,2-4,6-7,10-12H2,1H3,(H,19,24)(H,22,23). The number of amides is 1. The third-order valence-electron chi connectivity index (χ3n) is 4.80. The summed E-state index contributed by atoms with van der Waals surface area (Å²) < 4.78 is 1.31. The Morgan fingerprint density at radius 3 is 2.67 bits per heavy atom. The Balaban J connectivity index is 2.05. The molecule has 6 nitrogen and oxygen atoms in total. The van der Waals surface area contributed by atoms with Crippen LogP contribution in [0, 0.1) is 5.92 Å². The zero-order valence-corrected chi connectivity index (χ0v) is 14.2. The Hall–Kier alpha value is -2.11. The van der Waals surface area contributed by atoms with Crippen LogP contribution in [0.1, 0.15) is 61.9 Å². The van der Waals surface area contributed by atoms with E-state index in [2.05, 4.69) is 5.32 Å². The van der Waals surface area contributed by atoms with Gasteiger partial charge in [-0.05, 0) is 24.8 Å². The number of nitrogens with zero attached hydrogens (tertiary/aromatic N) is 1. The van der Waals surface area contributed by atoms with Crippen LogP contribution in [0.5, 0.6) is 0 Å². The third-order valence-corrected chi connectivity index (χ3v) is 4.80. The highest BCUT2D eigenvalue weighted by molar-refractivity contribution is 5.92. The van der Waals surface area contributed by atoms with Gasteiger partial charge in [-0.3, -0.25) is 14.4 Å². The zero-order chi connectivity index (χ0) is 17.5. The number of rotatable bonds is 7. The minimum Gasteiger partial charge on any atom is -0.481 e. The van der Waals surface area contributed by atoms with E-state index < -0.39 is 5.97 Å². The summed E-state index contributed by atoms with van der Waals surface area (Å²) in [5.41, 5.74) is 0.0588. The molecule has 1 aromatic heterocycles. The van der Waals surface area contributed by atoms with Crippen LogP contribution < -0.4 is 10.9 Å². The van der Waals surface area contributed by atoms with Gasteiger partial charge in [0.25, 0.3) is 11.5 Å². The van der Waals surface area contributed by atoms with E-state index in [-0.39, 0.29) is 23.9 Å². The lowest BCUT2D eigenvalue weighted by Gasteiger charge is -2.27. The molecular formula is C18H26N2O4. The fraction of sp³-hybridized carbons (Fsp3) is 0.611. The number of nitrogens with one attached hydrogen (secondary N) is 1. The van der Waals surface area contributed by atoms with E-state index in [1.54, 1.807) is 19.2 Å². The first kappa shape index (κ1) is 18.2. The first-order valence-electron chi connectivity index (χ1n) is 8.66. The molecule has 1 amide bonds. The highest BCUT2D eigenvalue weighted by Crippen LogP contribution is 2.28. The molecule has 2 N–H and O–H groups in total. The maximum absolute atomic E-state index is 12.5. The van der Waals surface area contributed by atoms with Crippen molar-refractivity contribution >= 4 is 11.9 Å². The maximum Gasteiger partial charge on any atom is 0.303 e. The lowest BCUT2D eigenvalue weighted by molar-refractivity contribution is -0.137.